The molecule has 0 aliphatic carbocycles. The van der Waals surface area contributed by atoms with Crippen LogP contribution >= 0.6 is 0 Å². The quantitative estimate of drug-likeness (QED) is 0.664. The monoisotopic (exact) mass is 392 g/mol. The van der Waals surface area contributed by atoms with Gasteiger partial charge in [-0.15, -0.1) is 0 Å². The first-order valence-electron chi connectivity index (χ1n) is 9.20. The van der Waals surface area contributed by atoms with E-state index in [0.29, 0.717) is 37.6 Å². The second kappa shape index (κ2) is 8.09. The van der Waals surface area contributed by atoms with Gasteiger partial charge in [-0.05, 0) is 30.3 Å². The molecule has 0 atom stereocenters. The van der Waals surface area contributed by atoms with E-state index in [1.807, 2.05) is 24.3 Å². The number of nitrogens with zero attached hydrogens (tertiary/aromatic N) is 6. The summed E-state index contributed by atoms with van der Waals surface area (Å²) in [7, 11) is 1.61. The molecule has 1 saturated heterocycles. The summed E-state index contributed by atoms with van der Waals surface area (Å²) < 4.78 is 6.81. The summed E-state index contributed by atoms with van der Waals surface area (Å²) in [6, 6.07) is 9.12. The van der Waals surface area contributed by atoms with E-state index >= 15 is 0 Å². The van der Waals surface area contributed by atoms with Crippen LogP contribution in [0.3, 0.4) is 0 Å². The lowest BCUT2D eigenvalue weighted by Gasteiger charge is -2.34. The highest BCUT2D eigenvalue weighted by Crippen LogP contribution is 2.15. The molecule has 1 aromatic carbocycles. The minimum Gasteiger partial charge on any atom is -0.497 e. The van der Waals surface area contributed by atoms with Crippen LogP contribution in [0.1, 0.15) is 21.0 Å². The lowest BCUT2D eigenvalue weighted by Crippen LogP contribution is -2.50. The van der Waals surface area contributed by atoms with Gasteiger partial charge in [0, 0.05) is 44.8 Å². The van der Waals surface area contributed by atoms with E-state index in [1.54, 1.807) is 33.9 Å². The van der Waals surface area contributed by atoms with Crippen LogP contribution < -0.4 is 4.74 Å². The average Bonchev–Trinajstić information content (AvgIpc) is 3.29. The van der Waals surface area contributed by atoms with E-state index in [0.717, 1.165) is 11.4 Å². The fourth-order valence-electron chi connectivity index (χ4n) is 3.16. The lowest BCUT2D eigenvalue weighted by molar-refractivity contribution is 0.0528. The van der Waals surface area contributed by atoms with Crippen LogP contribution in [0.4, 0.5) is 0 Å². The van der Waals surface area contributed by atoms with Crippen LogP contribution in [0.2, 0.25) is 0 Å². The first-order chi connectivity index (χ1) is 14.2. The fraction of sp³-hybridized carbons (Fsp3) is 0.250. The Morgan fingerprint density at radius 3 is 2.14 bits per heavy atom. The molecule has 3 aromatic rings. The van der Waals surface area contributed by atoms with Crippen molar-refractivity contribution in [2.24, 2.45) is 0 Å². The van der Waals surface area contributed by atoms with E-state index in [4.69, 9.17) is 4.74 Å². The molecule has 1 fully saturated rings. The van der Waals surface area contributed by atoms with Gasteiger partial charge in [0.05, 0.1) is 19.0 Å². The summed E-state index contributed by atoms with van der Waals surface area (Å²) in [4.78, 5) is 36.6. The molecule has 0 N–H and O–H groups in total. The zero-order valence-corrected chi connectivity index (χ0v) is 15.9. The summed E-state index contributed by atoms with van der Waals surface area (Å²) in [5.41, 5.74) is 1.52. The number of methoxy groups -OCH3 is 1. The van der Waals surface area contributed by atoms with E-state index in [2.05, 4.69) is 15.1 Å². The van der Waals surface area contributed by atoms with Crippen molar-refractivity contribution in [1.82, 2.24) is 29.5 Å². The van der Waals surface area contributed by atoms with Gasteiger partial charge in [-0.25, -0.2) is 9.67 Å². The molecule has 2 aromatic heterocycles. The molecule has 0 bridgehead atoms. The first kappa shape index (κ1) is 18.6. The number of amides is 2. The molecule has 2 amide bonds. The molecule has 9 nitrogen and oxygen atoms in total. The Kier molecular flexibility index (Phi) is 5.19. The minimum absolute atomic E-state index is 0.149. The number of piperazine rings is 1. The van der Waals surface area contributed by atoms with Gasteiger partial charge in [0.1, 0.15) is 11.4 Å². The van der Waals surface area contributed by atoms with Gasteiger partial charge in [0.15, 0.2) is 5.69 Å². The summed E-state index contributed by atoms with van der Waals surface area (Å²) in [5, 5.41) is 4.40. The Labute approximate surface area is 167 Å². The molecule has 4 rings (SSSR count). The predicted octanol–water partition coefficient (Wildman–Crippen LogP) is 1.27. The third-order valence-electron chi connectivity index (χ3n) is 4.78. The number of rotatable bonds is 4. The second-order valence-corrected chi connectivity index (χ2v) is 6.52. The Hall–Kier alpha value is -3.75. The highest BCUT2D eigenvalue weighted by Gasteiger charge is 2.27. The second-order valence-electron chi connectivity index (χ2n) is 6.52. The number of aromatic nitrogens is 4. The van der Waals surface area contributed by atoms with Crippen LogP contribution in [0.15, 0.2) is 55.1 Å². The Morgan fingerprint density at radius 2 is 1.55 bits per heavy atom. The normalized spacial score (nSPS) is 14.0. The van der Waals surface area contributed by atoms with Gasteiger partial charge >= 0.3 is 0 Å². The largest absolute Gasteiger partial charge is 0.497 e. The van der Waals surface area contributed by atoms with Crippen molar-refractivity contribution in [2.45, 2.75) is 0 Å². The van der Waals surface area contributed by atoms with Crippen molar-refractivity contribution in [3.8, 4) is 11.4 Å². The summed E-state index contributed by atoms with van der Waals surface area (Å²) in [5.74, 6) is 0.434. The maximum Gasteiger partial charge on any atom is 0.274 e. The Balaban J connectivity index is 1.38. The molecule has 3 heterocycles. The van der Waals surface area contributed by atoms with Crippen molar-refractivity contribution in [3.63, 3.8) is 0 Å². The first-order valence-corrected chi connectivity index (χ1v) is 9.20. The molecule has 9 heteroatoms. The molecular weight excluding hydrogens is 372 g/mol. The fourth-order valence-corrected chi connectivity index (χ4v) is 3.16. The molecule has 0 spiro atoms. The van der Waals surface area contributed by atoms with Crippen molar-refractivity contribution in [1.29, 1.82) is 0 Å². The highest BCUT2D eigenvalue weighted by molar-refractivity contribution is 5.94. The summed E-state index contributed by atoms with van der Waals surface area (Å²) in [6.07, 6.45) is 6.22. The van der Waals surface area contributed by atoms with Crippen molar-refractivity contribution in [2.75, 3.05) is 33.3 Å². The van der Waals surface area contributed by atoms with Crippen LogP contribution in [-0.2, 0) is 0 Å². The maximum absolute atomic E-state index is 12.8. The van der Waals surface area contributed by atoms with Crippen LogP contribution in [-0.4, -0.2) is 74.7 Å². The van der Waals surface area contributed by atoms with Crippen molar-refractivity contribution >= 4 is 11.8 Å². The number of hydrogen-bond acceptors (Lipinski definition) is 6. The highest BCUT2D eigenvalue weighted by atomic mass is 16.5. The van der Waals surface area contributed by atoms with Gasteiger partial charge in [-0.3, -0.25) is 14.6 Å². The summed E-state index contributed by atoms with van der Waals surface area (Å²) >= 11 is 0. The Morgan fingerprint density at radius 1 is 0.897 bits per heavy atom. The maximum atomic E-state index is 12.8. The number of hydrogen-bond donors (Lipinski definition) is 0. The standard InChI is InChI=1S/C20H20N6O3/c1-29-16-4-2-15(3-5-16)26-9-6-17(23-26)19(27)24-10-12-25(13-11-24)20(28)18-14-21-7-8-22-18/h2-9,14H,10-13H2,1H3. The van der Waals surface area contributed by atoms with E-state index in [9.17, 15) is 9.59 Å². The van der Waals surface area contributed by atoms with Gasteiger partial charge < -0.3 is 14.5 Å². The topological polar surface area (TPSA) is 93.5 Å². The smallest absolute Gasteiger partial charge is 0.274 e. The third-order valence-corrected chi connectivity index (χ3v) is 4.78. The van der Waals surface area contributed by atoms with Gasteiger partial charge in [0.25, 0.3) is 11.8 Å². The number of ether oxygens (including phenoxy) is 1. The average molecular weight is 392 g/mol. The van der Waals surface area contributed by atoms with E-state index < -0.39 is 0 Å². The molecular formula is C20H20N6O3. The molecule has 0 unspecified atom stereocenters. The number of benzene rings is 1. The molecule has 0 radical (unpaired) electrons. The van der Waals surface area contributed by atoms with Gasteiger partial charge in [0.2, 0.25) is 0 Å². The minimum atomic E-state index is -0.172. The van der Waals surface area contributed by atoms with Crippen LogP contribution in [0.5, 0.6) is 5.75 Å². The van der Waals surface area contributed by atoms with E-state index in [1.165, 1.54) is 18.6 Å². The van der Waals surface area contributed by atoms with Gasteiger partial charge in [-0.2, -0.15) is 5.10 Å². The lowest BCUT2D eigenvalue weighted by atomic mass is 10.2. The SMILES string of the molecule is COc1ccc(-n2ccc(C(=O)N3CCN(C(=O)c4cnccn4)CC3)n2)cc1. The predicted molar refractivity (Wildman–Crippen MR) is 104 cm³/mol. The summed E-state index contributed by atoms with van der Waals surface area (Å²) in [6.45, 7) is 1.78. The molecule has 148 valence electrons. The third kappa shape index (κ3) is 3.93. The zero-order chi connectivity index (χ0) is 20.2. The van der Waals surface area contributed by atoms with Crippen molar-refractivity contribution < 1.29 is 14.3 Å². The molecule has 29 heavy (non-hydrogen) atoms. The van der Waals surface area contributed by atoms with E-state index in [-0.39, 0.29) is 11.8 Å². The van der Waals surface area contributed by atoms with Crippen LogP contribution in [0, 0.1) is 0 Å². The van der Waals surface area contributed by atoms with Crippen LogP contribution in [0.25, 0.3) is 5.69 Å². The molecule has 1 aliphatic rings. The van der Waals surface area contributed by atoms with Gasteiger partial charge in [-0.1, -0.05) is 0 Å². The Bertz CT molecular complexity index is 995. The van der Waals surface area contributed by atoms with Crippen molar-refractivity contribution in [3.05, 3.63) is 66.5 Å². The number of carbonyl (C=O) groups is 2. The molecule has 0 saturated carbocycles. The zero-order valence-electron chi connectivity index (χ0n) is 15.9. The number of carbonyl (C=O) groups excluding carboxylic acids is 2. The molecule has 1 aliphatic heterocycles.